The Morgan fingerprint density at radius 3 is 1.96 bits per heavy atom. The largest absolute Gasteiger partial charge is 0.357 e. The van der Waals surface area contributed by atoms with Crippen LogP contribution in [0.15, 0.2) is 24.3 Å². The molecule has 0 saturated carbocycles. The van der Waals surface area contributed by atoms with Crippen molar-refractivity contribution in [2.24, 2.45) is 0 Å². The maximum atomic E-state index is 4.30. The Kier molecular flexibility index (Phi) is 5.59. The molecule has 2 rings (SSSR count). The van der Waals surface area contributed by atoms with Gasteiger partial charge in [0.15, 0.2) is 0 Å². The van der Waals surface area contributed by atoms with E-state index in [-0.39, 0.29) is 5.41 Å². The van der Waals surface area contributed by atoms with Gasteiger partial charge in [-0.2, -0.15) is 15.0 Å². The van der Waals surface area contributed by atoms with Crippen LogP contribution in [-0.4, -0.2) is 29.0 Å². The van der Waals surface area contributed by atoms with Gasteiger partial charge in [-0.25, -0.2) is 0 Å². The van der Waals surface area contributed by atoms with Gasteiger partial charge in [-0.1, -0.05) is 26.0 Å². The summed E-state index contributed by atoms with van der Waals surface area (Å²) in [6.45, 7) is 6.27. The molecule has 2 aromatic rings. The highest BCUT2D eigenvalue weighted by atomic mass is 15.3. The molecule has 1 aromatic heterocycles. The first-order valence-electron chi connectivity index (χ1n) is 7.87. The predicted molar refractivity (Wildman–Crippen MR) is 99.7 cm³/mol. The van der Waals surface area contributed by atoms with Crippen LogP contribution in [0.4, 0.5) is 23.5 Å². The monoisotopic (exact) mass is 324 g/mol. The van der Waals surface area contributed by atoms with Crippen LogP contribution < -0.4 is 16.0 Å². The van der Waals surface area contributed by atoms with Gasteiger partial charge in [0.1, 0.15) is 0 Å². The molecule has 3 N–H and O–H groups in total. The van der Waals surface area contributed by atoms with Gasteiger partial charge in [0.25, 0.3) is 0 Å². The van der Waals surface area contributed by atoms with Crippen LogP contribution in [0.5, 0.6) is 0 Å². The zero-order valence-electron chi connectivity index (χ0n) is 14.9. The number of nitrogens with one attached hydrogen (secondary N) is 3. The molecule has 0 amide bonds. The smallest absolute Gasteiger partial charge is 0.233 e. The van der Waals surface area contributed by atoms with Gasteiger partial charge in [-0.15, -0.1) is 11.8 Å². The van der Waals surface area contributed by atoms with Crippen molar-refractivity contribution in [1.82, 2.24) is 15.0 Å². The molecule has 0 aliphatic rings. The summed E-state index contributed by atoms with van der Waals surface area (Å²) in [6, 6.07) is 8.27. The molecule has 24 heavy (non-hydrogen) atoms. The normalized spacial score (nSPS) is 10.5. The van der Waals surface area contributed by atoms with E-state index in [0.717, 1.165) is 12.1 Å². The molecular weight excluding hydrogens is 300 g/mol. The van der Waals surface area contributed by atoms with Crippen LogP contribution in [0.25, 0.3) is 0 Å². The summed E-state index contributed by atoms with van der Waals surface area (Å²) in [4.78, 5) is 12.8. The van der Waals surface area contributed by atoms with Crippen molar-refractivity contribution in [3.63, 3.8) is 0 Å². The van der Waals surface area contributed by atoms with Crippen LogP contribution >= 0.6 is 0 Å². The van der Waals surface area contributed by atoms with Crippen molar-refractivity contribution in [2.45, 2.75) is 32.6 Å². The Morgan fingerprint density at radius 1 is 0.917 bits per heavy atom. The minimum Gasteiger partial charge on any atom is -0.357 e. The topological polar surface area (TPSA) is 74.8 Å². The highest BCUT2D eigenvalue weighted by Crippen LogP contribution is 2.28. The molecule has 0 atom stereocenters. The van der Waals surface area contributed by atoms with Gasteiger partial charge in [0.05, 0.1) is 0 Å². The quantitative estimate of drug-likeness (QED) is 0.707. The van der Waals surface area contributed by atoms with Crippen molar-refractivity contribution in [3.05, 3.63) is 29.8 Å². The molecule has 0 fully saturated rings. The first-order chi connectivity index (χ1) is 11.5. The third-order valence-electron chi connectivity index (χ3n) is 3.71. The second kappa shape index (κ2) is 7.64. The van der Waals surface area contributed by atoms with Crippen molar-refractivity contribution in [3.8, 4) is 11.8 Å². The van der Waals surface area contributed by atoms with Crippen molar-refractivity contribution < 1.29 is 0 Å². The summed E-state index contributed by atoms with van der Waals surface area (Å²) in [5.41, 5.74) is 2.19. The molecule has 0 unspecified atom stereocenters. The molecule has 1 aromatic carbocycles. The molecule has 0 aliphatic heterocycles. The average Bonchev–Trinajstić information content (AvgIpc) is 2.60. The number of hydrogen-bond donors (Lipinski definition) is 3. The van der Waals surface area contributed by atoms with Crippen LogP contribution in [0.2, 0.25) is 0 Å². The van der Waals surface area contributed by atoms with E-state index in [9.17, 15) is 0 Å². The molecule has 1 heterocycles. The lowest BCUT2D eigenvalue weighted by atomic mass is 9.82. The number of hydrogen-bond acceptors (Lipinski definition) is 6. The van der Waals surface area contributed by atoms with Crippen molar-refractivity contribution >= 4 is 23.5 Å². The number of rotatable bonds is 6. The fourth-order valence-electron chi connectivity index (χ4n) is 2.20. The SMILES string of the molecule is CC#CCC(C)(C)c1ccc(Nc2nc(NC)nc(NC)n2)cc1. The third-order valence-corrected chi connectivity index (χ3v) is 3.71. The Hall–Kier alpha value is -2.81. The molecule has 6 heteroatoms. The van der Waals surface area contributed by atoms with E-state index in [1.54, 1.807) is 14.1 Å². The summed E-state index contributed by atoms with van der Waals surface area (Å²) in [6.07, 6.45) is 0.834. The zero-order chi connectivity index (χ0) is 17.6. The van der Waals surface area contributed by atoms with Crippen LogP contribution in [0.3, 0.4) is 0 Å². The number of nitrogens with zero attached hydrogens (tertiary/aromatic N) is 3. The molecule has 0 radical (unpaired) electrons. The molecule has 0 bridgehead atoms. The van der Waals surface area contributed by atoms with Gasteiger partial charge in [0, 0.05) is 31.6 Å². The third kappa shape index (κ3) is 4.35. The highest BCUT2D eigenvalue weighted by molar-refractivity contribution is 5.56. The van der Waals surface area contributed by atoms with Gasteiger partial charge < -0.3 is 16.0 Å². The molecule has 126 valence electrons. The lowest BCUT2D eigenvalue weighted by Crippen LogP contribution is -2.16. The van der Waals surface area contributed by atoms with E-state index in [4.69, 9.17) is 0 Å². The van der Waals surface area contributed by atoms with Crippen LogP contribution in [0, 0.1) is 11.8 Å². The first-order valence-corrected chi connectivity index (χ1v) is 7.87. The van der Waals surface area contributed by atoms with Crippen molar-refractivity contribution in [2.75, 3.05) is 30.0 Å². The average molecular weight is 324 g/mol. The Bertz CT molecular complexity index is 718. The predicted octanol–water partition coefficient (Wildman–Crippen LogP) is 3.39. The van der Waals surface area contributed by atoms with E-state index < -0.39 is 0 Å². The van der Waals surface area contributed by atoms with Crippen molar-refractivity contribution in [1.29, 1.82) is 0 Å². The second-order valence-corrected chi connectivity index (χ2v) is 6.00. The highest BCUT2D eigenvalue weighted by Gasteiger charge is 2.19. The lowest BCUT2D eigenvalue weighted by Gasteiger charge is -2.23. The summed E-state index contributed by atoms with van der Waals surface area (Å²) in [5, 5.41) is 9.05. The van der Waals surface area contributed by atoms with Gasteiger partial charge >= 0.3 is 0 Å². The number of aromatic nitrogens is 3. The minimum absolute atomic E-state index is 0.0211. The molecule has 0 aliphatic carbocycles. The lowest BCUT2D eigenvalue weighted by molar-refractivity contribution is 0.543. The minimum atomic E-state index is 0.0211. The second-order valence-electron chi connectivity index (χ2n) is 6.00. The number of benzene rings is 1. The van der Waals surface area contributed by atoms with E-state index in [2.05, 4.69) is 68.7 Å². The van der Waals surface area contributed by atoms with Crippen LogP contribution in [0.1, 0.15) is 32.8 Å². The molecule has 0 saturated heterocycles. The maximum absolute atomic E-state index is 4.30. The summed E-state index contributed by atoms with van der Waals surface area (Å²) < 4.78 is 0. The maximum Gasteiger partial charge on any atom is 0.233 e. The molecule has 6 nitrogen and oxygen atoms in total. The van der Waals surface area contributed by atoms with E-state index in [1.165, 1.54) is 5.56 Å². The summed E-state index contributed by atoms with van der Waals surface area (Å²) in [7, 11) is 3.54. The first kappa shape index (κ1) is 17.5. The number of anilines is 4. The molecule has 0 spiro atoms. The summed E-state index contributed by atoms with van der Waals surface area (Å²) >= 11 is 0. The Morgan fingerprint density at radius 2 is 1.46 bits per heavy atom. The van der Waals surface area contributed by atoms with Gasteiger partial charge in [-0.05, 0) is 24.6 Å². The fourth-order valence-corrected chi connectivity index (χ4v) is 2.20. The summed E-state index contributed by atoms with van der Waals surface area (Å²) in [5.74, 6) is 7.63. The van der Waals surface area contributed by atoms with Gasteiger partial charge in [0.2, 0.25) is 17.8 Å². The van der Waals surface area contributed by atoms with E-state index >= 15 is 0 Å². The molecular formula is C18H24N6. The van der Waals surface area contributed by atoms with E-state index in [0.29, 0.717) is 17.8 Å². The Labute approximate surface area is 143 Å². The van der Waals surface area contributed by atoms with Gasteiger partial charge in [-0.3, -0.25) is 0 Å². The van der Waals surface area contributed by atoms with E-state index in [1.807, 2.05) is 19.1 Å². The van der Waals surface area contributed by atoms with Crippen LogP contribution in [-0.2, 0) is 5.41 Å². The zero-order valence-corrected chi connectivity index (χ0v) is 14.9. The fraction of sp³-hybridized carbons (Fsp3) is 0.389. The standard InChI is InChI=1S/C18H24N6/c1-6-7-12-18(2,3)13-8-10-14(11-9-13)21-17-23-15(19-4)22-16(20-5)24-17/h8-11H,12H2,1-5H3,(H3,19,20,21,22,23,24). The Balaban J connectivity index is 2.18.